The second kappa shape index (κ2) is 5.51. The molecule has 12 heavy (non-hydrogen) atoms. The molecule has 1 saturated heterocycles. The van der Waals surface area contributed by atoms with Crippen LogP contribution in [0.4, 0.5) is 0 Å². The topological polar surface area (TPSA) is 35.5 Å². The van der Waals surface area contributed by atoms with E-state index in [1.807, 2.05) is 0 Å². The second-order valence-electron chi connectivity index (χ2n) is 3.52. The molecule has 1 atom stereocenters. The van der Waals surface area contributed by atoms with Crippen molar-refractivity contribution in [3.8, 4) is 0 Å². The van der Waals surface area contributed by atoms with E-state index in [2.05, 4.69) is 17.1 Å². The Morgan fingerprint density at radius 3 is 3.00 bits per heavy atom. The van der Waals surface area contributed by atoms with E-state index in [0.29, 0.717) is 12.6 Å². The van der Waals surface area contributed by atoms with Gasteiger partial charge in [-0.15, -0.1) is 0 Å². The van der Waals surface area contributed by atoms with Crippen LogP contribution in [-0.4, -0.2) is 48.8 Å². The van der Waals surface area contributed by atoms with Crippen LogP contribution in [-0.2, 0) is 0 Å². The molecule has 2 N–H and O–H groups in total. The van der Waals surface area contributed by atoms with Crippen molar-refractivity contribution in [3.05, 3.63) is 0 Å². The number of aliphatic hydroxyl groups excluding tert-OH is 1. The lowest BCUT2D eigenvalue weighted by molar-refractivity contribution is 0.165. The van der Waals surface area contributed by atoms with E-state index < -0.39 is 0 Å². The molecule has 1 unspecified atom stereocenters. The Balaban J connectivity index is 2.11. The van der Waals surface area contributed by atoms with Crippen LogP contribution in [0.3, 0.4) is 0 Å². The van der Waals surface area contributed by atoms with Gasteiger partial charge in [0.05, 0.1) is 0 Å². The van der Waals surface area contributed by atoms with Gasteiger partial charge in [0.15, 0.2) is 0 Å². The van der Waals surface area contributed by atoms with Crippen molar-refractivity contribution in [3.63, 3.8) is 0 Å². The summed E-state index contributed by atoms with van der Waals surface area (Å²) in [5.41, 5.74) is 0. The summed E-state index contributed by atoms with van der Waals surface area (Å²) < 4.78 is 0. The summed E-state index contributed by atoms with van der Waals surface area (Å²) in [7, 11) is 0. The van der Waals surface area contributed by atoms with Gasteiger partial charge in [-0.2, -0.15) is 0 Å². The second-order valence-corrected chi connectivity index (χ2v) is 3.52. The fourth-order valence-electron chi connectivity index (χ4n) is 1.64. The van der Waals surface area contributed by atoms with Crippen LogP contribution in [0, 0.1) is 0 Å². The third kappa shape index (κ3) is 3.09. The van der Waals surface area contributed by atoms with Gasteiger partial charge in [0.25, 0.3) is 0 Å². The molecule has 3 heteroatoms. The predicted octanol–water partition coefficient (Wildman–Crippen LogP) is 0.0526. The summed E-state index contributed by atoms with van der Waals surface area (Å²) in [5, 5.41) is 12.0. The molecule has 0 radical (unpaired) electrons. The maximum absolute atomic E-state index is 8.63. The summed E-state index contributed by atoms with van der Waals surface area (Å²) >= 11 is 0. The molecule has 1 aliphatic heterocycles. The van der Waals surface area contributed by atoms with E-state index in [1.165, 1.54) is 0 Å². The molecule has 3 nitrogen and oxygen atoms in total. The number of unbranched alkanes of at least 4 members (excludes halogenated alkanes) is 1. The Hall–Kier alpha value is -0.120. The highest BCUT2D eigenvalue weighted by Crippen LogP contribution is 2.03. The van der Waals surface area contributed by atoms with Crippen LogP contribution in [0.2, 0.25) is 0 Å². The maximum atomic E-state index is 8.63. The van der Waals surface area contributed by atoms with Gasteiger partial charge >= 0.3 is 0 Å². The number of piperazine rings is 1. The molecule has 0 aliphatic carbocycles. The van der Waals surface area contributed by atoms with Gasteiger partial charge in [-0.1, -0.05) is 0 Å². The SMILES string of the molecule is CC1CNCCN1CCCCO. The number of nitrogens with one attached hydrogen (secondary N) is 1. The molecule has 0 aromatic heterocycles. The van der Waals surface area contributed by atoms with Crippen LogP contribution in [0.1, 0.15) is 19.8 Å². The smallest absolute Gasteiger partial charge is 0.0431 e. The van der Waals surface area contributed by atoms with E-state index in [9.17, 15) is 0 Å². The van der Waals surface area contributed by atoms with Crippen molar-refractivity contribution in [1.29, 1.82) is 0 Å². The van der Waals surface area contributed by atoms with Gasteiger partial charge in [0.1, 0.15) is 0 Å². The molecule has 72 valence electrons. The third-order valence-corrected chi connectivity index (χ3v) is 2.49. The Morgan fingerprint density at radius 1 is 1.50 bits per heavy atom. The van der Waals surface area contributed by atoms with E-state index in [-0.39, 0.29) is 0 Å². The number of aliphatic hydroxyl groups is 1. The lowest BCUT2D eigenvalue weighted by Crippen LogP contribution is -2.49. The molecule has 1 rings (SSSR count). The van der Waals surface area contributed by atoms with Crippen molar-refractivity contribution >= 4 is 0 Å². The number of nitrogens with zero attached hydrogens (tertiary/aromatic N) is 1. The summed E-state index contributed by atoms with van der Waals surface area (Å²) in [6.45, 7) is 7.12. The average Bonchev–Trinajstić information content (AvgIpc) is 2.09. The third-order valence-electron chi connectivity index (χ3n) is 2.49. The Kier molecular flexibility index (Phi) is 4.58. The van der Waals surface area contributed by atoms with Crippen LogP contribution < -0.4 is 5.32 Å². The first-order chi connectivity index (χ1) is 5.84. The molecule has 1 aliphatic rings. The van der Waals surface area contributed by atoms with Crippen molar-refractivity contribution in [2.24, 2.45) is 0 Å². The first-order valence-corrected chi connectivity index (χ1v) is 4.90. The molecule has 1 heterocycles. The van der Waals surface area contributed by atoms with Crippen molar-refractivity contribution < 1.29 is 5.11 Å². The first kappa shape index (κ1) is 9.96. The zero-order chi connectivity index (χ0) is 8.81. The van der Waals surface area contributed by atoms with E-state index >= 15 is 0 Å². The van der Waals surface area contributed by atoms with E-state index in [4.69, 9.17) is 5.11 Å². The highest BCUT2D eigenvalue weighted by molar-refractivity contribution is 4.75. The number of hydrogen-bond donors (Lipinski definition) is 2. The van der Waals surface area contributed by atoms with Gasteiger partial charge < -0.3 is 10.4 Å². The average molecular weight is 172 g/mol. The molecule has 0 aromatic carbocycles. The van der Waals surface area contributed by atoms with Crippen LogP contribution in [0.25, 0.3) is 0 Å². The lowest BCUT2D eigenvalue weighted by Gasteiger charge is -2.33. The van der Waals surface area contributed by atoms with Gasteiger partial charge in [-0.3, -0.25) is 4.90 Å². The molecular weight excluding hydrogens is 152 g/mol. The highest BCUT2D eigenvalue weighted by Gasteiger charge is 2.16. The van der Waals surface area contributed by atoms with E-state index in [0.717, 1.165) is 39.0 Å². The van der Waals surface area contributed by atoms with E-state index in [1.54, 1.807) is 0 Å². The zero-order valence-corrected chi connectivity index (χ0v) is 7.92. The number of hydrogen-bond acceptors (Lipinski definition) is 3. The molecule has 0 saturated carbocycles. The Bertz CT molecular complexity index is 119. The normalized spacial score (nSPS) is 26.0. The maximum Gasteiger partial charge on any atom is 0.0431 e. The molecule has 0 amide bonds. The number of rotatable bonds is 4. The van der Waals surface area contributed by atoms with Crippen LogP contribution in [0.15, 0.2) is 0 Å². The minimum atomic E-state index is 0.334. The summed E-state index contributed by atoms with van der Waals surface area (Å²) in [5.74, 6) is 0. The van der Waals surface area contributed by atoms with Gasteiger partial charge in [-0.05, 0) is 26.3 Å². The largest absolute Gasteiger partial charge is 0.396 e. The minimum absolute atomic E-state index is 0.334. The van der Waals surface area contributed by atoms with Gasteiger partial charge in [0, 0.05) is 32.3 Å². The van der Waals surface area contributed by atoms with Crippen LogP contribution >= 0.6 is 0 Å². The fraction of sp³-hybridized carbons (Fsp3) is 1.00. The molecular formula is C9H20N2O. The van der Waals surface area contributed by atoms with Crippen molar-refractivity contribution in [2.75, 3.05) is 32.8 Å². The van der Waals surface area contributed by atoms with Crippen molar-refractivity contribution in [1.82, 2.24) is 10.2 Å². The zero-order valence-electron chi connectivity index (χ0n) is 7.92. The molecule has 0 aromatic rings. The fourth-order valence-corrected chi connectivity index (χ4v) is 1.64. The van der Waals surface area contributed by atoms with Gasteiger partial charge in [0.2, 0.25) is 0 Å². The Labute approximate surface area is 74.8 Å². The Morgan fingerprint density at radius 2 is 2.33 bits per heavy atom. The first-order valence-electron chi connectivity index (χ1n) is 4.90. The summed E-state index contributed by atoms with van der Waals surface area (Å²) in [6.07, 6.45) is 2.07. The lowest BCUT2D eigenvalue weighted by atomic mass is 10.2. The van der Waals surface area contributed by atoms with Gasteiger partial charge in [-0.25, -0.2) is 0 Å². The molecule has 1 fully saturated rings. The molecule has 0 spiro atoms. The predicted molar refractivity (Wildman–Crippen MR) is 50.2 cm³/mol. The summed E-state index contributed by atoms with van der Waals surface area (Å²) in [4.78, 5) is 2.49. The quantitative estimate of drug-likeness (QED) is 0.588. The standard InChI is InChI=1S/C9H20N2O/c1-9-8-10-4-6-11(9)5-2-3-7-12/h9-10,12H,2-8H2,1H3. The van der Waals surface area contributed by atoms with Crippen molar-refractivity contribution in [2.45, 2.75) is 25.8 Å². The van der Waals surface area contributed by atoms with Crippen LogP contribution in [0.5, 0.6) is 0 Å². The molecule has 0 bridgehead atoms. The summed E-state index contributed by atoms with van der Waals surface area (Å²) in [6, 6.07) is 0.664. The minimum Gasteiger partial charge on any atom is -0.396 e. The monoisotopic (exact) mass is 172 g/mol. The highest BCUT2D eigenvalue weighted by atomic mass is 16.2.